The first-order valence-electron chi connectivity index (χ1n) is 5.28. The van der Waals surface area contributed by atoms with Crippen molar-refractivity contribution in [2.45, 2.75) is 37.6 Å². The van der Waals surface area contributed by atoms with E-state index < -0.39 is 0 Å². The minimum Gasteiger partial charge on any atom is -0.495 e. The van der Waals surface area contributed by atoms with Crippen molar-refractivity contribution < 1.29 is 4.74 Å². The Morgan fingerprint density at radius 1 is 1.40 bits per heavy atom. The van der Waals surface area contributed by atoms with Crippen molar-refractivity contribution in [3.63, 3.8) is 0 Å². The van der Waals surface area contributed by atoms with Gasteiger partial charge >= 0.3 is 0 Å². The van der Waals surface area contributed by atoms with Gasteiger partial charge in [-0.05, 0) is 38.3 Å². The van der Waals surface area contributed by atoms with Gasteiger partial charge < -0.3 is 10.5 Å². The van der Waals surface area contributed by atoms with E-state index in [4.69, 9.17) is 10.5 Å². The van der Waals surface area contributed by atoms with E-state index in [0.717, 1.165) is 18.6 Å². The predicted octanol–water partition coefficient (Wildman–Crippen LogP) is 1.86. The Morgan fingerprint density at radius 2 is 2.07 bits per heavy atom. The van der Waals surface area contributed by atoms with Crippen LogP contribution >= 0.6 is 0 Å². The Kier molecular flexibility index (Phi) is 2.23. The molecule has 0 bridgehead atoms. The van der Waals surface area contributed by atoms with Gasteiger partial charge in [0, 0.05) is 17.2 Å². The van der Waals surface area contributed by atoms with E-state index in [9.17, 15) is 0 Å². The fourth-order valence-electron chi connectivity index (χ4n) is 2.22. The largest absolute Gasteiger partial charge is 0.495 e. The normalized spacial score (nSPS) is 18.7. The molecule has 0 saturated heterocycles. The maximum Gasteiger partial charge on any atom is 0.137 e. The summed E-state index contributed by atoms with van der Waals surface area (Å²) in [5.41, 5.74) is 7.35. The van der Waals surface area contributed by atoms with Crippen molar-refractivity contribution in [1.82, 2.24) is 4.98 Å². The van der Waals surface area contributed by atoms with Crippen molar-refractivity contribution in [3.8, 4) is 5.75 Å². The Bertz CT molecular complexity index is 364. The molecule has 1 heterocycles. The zero-order chi connectivity index (χ0) is 11.1. The summed E-state index contributed by atoms with van der Waals surface area (Å²) >= 11 is 0. The van der Waals surface area contributed by atoms with Crippen LogP contribution in [0, 0.1) is 0 Å². The number of ether oxygens (including phenoxy) is 1. The lowest BCUT2D eigenvalue weighted by molar-refractivity contribution is 0.383. The fourth-order valence-corrected chi connectivity index (χ4v) is 2.22. The van der Waals surface area contributed by atoms with Crippen LogP contribution in [0.1, 0.15) is 32.3 Å². The maximum atomic E-state index is 6.23. The van der Waals surface area contributed by atoms with Crippen molar-refractivity contribution >= 4 is 0 Å². The molecule has 3 nitrogen and oxygen atoms in total. The number of hydrogen-bond acceptors (Lipinski definition) is 3. The molecule has 2 N–H and O–H groups in total. The highest BCUT2D eigenvalue weighted by Crippen LogP contribution is 2.54. The minimum atomic E-state index is -0.193. The molecule has 15 heavy (non-hydrogen) atoms. The minimum absolute atomic E-state index is 0.106. The monoisotopic (exact) mass is 206 g/mol. The molecule has 0 spiro atoms. The smallest absolute Gasteiger partial charge is 0.137 e. The van der Waals surface area contributed by atoms with Gasteiger partial charge in [-0.3, -0.25) is 4.98 Å². The predicted molar refractivity (Wildman–Crippen MR) is 60.0 cm³/mol. The summed E-state index contributed by atoms with van der Waals surface area (Å²) in [5.74, 6) is 0.808. The zero-order valence-electron chi connectivity index (χ0n) is 9.58. The van der Waals surface area contributed by atoms with Gasteiger partial charge in [0.1, 0.15) is 5.75 Å². The highest BCUT2D eigenvalue weighted by Gasteiger charge is 2.53. The van der Waals surface area contributed by atoms with Crippen molar-refractivity contribution in [2.24, 2.45) is 5.73 Å². The van der Waals surface area contributed by atoms with Gasteiger partial charge in [-0.2, -0.15) is 0 Å². The molecule has 0 aromatic carbocycles. The van der Waals surface area contributed by atoms with Crippen LogP contribution in [0.25, 0.3) is 0 Å². The van der Waals surface area contributed by atoms with Gasteiger partial charge in [0.25, 0.3) is 0 Å². The van der Waals surface area contributed by atoms with Crippen LogP contribution in [0.4, 0.5) is 0 Å². The molecule has 1 aliphatic rings. The molecule has 82 valence electrons. The van der Waals surface area contributed by atoms with Gasteiger partial charge in [-0.25, -0.2) is 0 Å². The molecule has 0 aliphatic heterocycles. The van der Waals surface area contributed by atoms with E-state index in [1.807, 2.05) is 6.20 Å². The van der Waals surface area contributed by atoms with E-state index in [1.165, 1.54) is 5.56 Å². The summed E-state index contributed by atoms with van der Waals surface area (Å²) in [4.78, 5) is 4.19. The molecule has 0 atom stereocenters. The molecular formula is C12H18N2O. The van der Waals surface area contributed by atoms with Crippen LogP contribution in [0.5, 0.6) is 5.75 Å². The molecule has 1 aliphatic carbocycles. The van der Waals surface area contributed by atoms with Crippen LogP contribution in [0.2, 0.25) is 0 Å². The highest BCUT2D eigenvalue weighted by molar-refractivity contribution is 5.38. The second-order valence-electron chi connectivity index (χ2n) is 4.92. The molecule has 3 heteroatoms. The number of hydrogen-bond donors (Lipinski definition) is 1. The van der Waals surface area contributed by atoms with Crippen LogP contribution in [-0.4, -0.2) is 17.6 Å². The highest BCUT2D eigenvalue weighted by atomic mass is 16.5. The second-order valence-corrected chi connectivity index (χ2v) is 4.92. The topological polar surface area (TPSA) is 48.1 Å². The average Bonchev–Trinajstić information content (AvgIpc) is 2.97. The van der Waals surface area contributed by atoms with E-state index >= 15 is 0 Å². The van der Waals surface area contributed by atoms with E-state index in [0.29, 0.717) is 0 Å². The van der Waals surface area contributed by atoms with Gasteiger partial charge in [0.15, 0.2) is 0 Å². The number of nitrogens with two attached hydrogens (primary N) is 1. The molecule has 0 radical (unpaired) electrons. The number of rotatable bonds is 3. The number of methoxy groups -OCH3 is 1. The SMILES string of the molecule is COc1cncc(C2(C(C)(C)N)CC2)c1. The van der Waals surface area contributed by atoms with Gasteiger partial charge in [-0.1, -0.05) is 0 Å². The number of nitrogens with zero attached hydrogens (tertiary/aromatic N) is 1. The van der Waals surface area contributed by atoms with E-state index in [2.05, 4.69) is 24.9 Å². The lowest BCUT2D eigenvalue weighted by Gasteiger charge is -2.31. The molecular weight excluding hydrogens is 188 g/mol. The summed E-state index contributed by atoms with van der Waals surface area (Å²) in [7, 11) is 1.66. The standard InChI is InChI=1S/C12H18N2O/c1-11(2,13)12(4-5-12)9-6-10(15-3)8-14-7-9/h6-8H,4-5,13H2,1-3H3. The lowest BCUT2D eigenvalue weighted by Crippen LogP contribution is -2.45. The molecule has 0 amide bonds. The Hall–Kier alpha value is -1.09. The zero-order valence-corrected chi connectivity index (χ0v) is 9.58. The first-order valence-corrected chi connectivity index (χ1v) is 5.28. The van der Waals surface area contributed by atoms with Gasteiger partial charge in [-0.15, -0.1) is 0 Å². The third-order valence-electron chi connectivity index (χ3n) is 3.48. The third kappa shape index (κ3) is 1.61. The summed E-state index contributed by atoms with van der Waals surface area (Å²) in [6.45, 7) is 4.17. The summed E-state index contributed by atoms with van der Waals surface area (Å²) in [6, 6.07) is 2.05. The molecule has 1 fully saturated rings. The first-order chi connectivity index (χ1) is 6.99. The first kappa shape index (κ1) is 10.4. The van der Waals surface area contributed by atoms with Crippen molar-refractivity contribution in [1.29, 1.82) is 0 Å². The molecule has 1 aromatic rings. The van der Waals surface area contributed by atoms with Crippen LogP contribution in [0.3, 0.4) is 0 Å². The molecule has 0 unspecified atom stereocenters. The summed E-state index contributed by atoms with van der Waals surface area (Å²) in [5, 5.41) is 0. The third-order valence-corrected chi connectivity index (χ3v) is 3.48. The lowest BCUT2D eigenvalue weighted by atomic mass is 9.80. The van der Waals surface area contributed by atoms with Crippen LogP contribution in [-0.2, 0) is 5.41 Å². The Balaban J connectivity index is 2.38. The fraction of sp³-hybridized carbons (Fsp3) is 0.583. The quantitative estimate of drug-likeness (QED) is 0.821. The van der Waals surface area contributed by atoms with Gasteiger partial charge in [0.05, 0.1) is 13.3 Å². The average molecular weight is 206 g/mol. The second kappa shape index (κ2) is 3.20. The molecule has 1 saturated carbocycles. The Morgan fingerprint density at radius 3 is 2.53 bits per heavy atom. The number of aromatic nitrogens is 1. The van der Waals surface area contributed by atoms with Crippen LogP contribution in [0.15, 0.2) is 18.5 Å². The molecule has 2 rings (SSSR count). The molecule has 1 aromatic heterocycles. The maximum absolute atomic E-state index is 6.23. The van der Waals surface area contributed by atoms with Crippen LogP contribution < -0.4 is 10.5 Å². The van der Waals surface area contributed by atoms with Crippen molar-refractivity contribution in [3.05, 3.63) is 24.0 Å². The van der Waals surface area contributed by atoms with E-state index in [-0.39, 0.29) is 11.0 Å². The van der Waals surface area contributed by atoms with E-state index in [1.54, 1.807) is 13.3 Å². The van der Waals surface area contributed by atoms with Gasteiger partial charge in [0.2, 0.25) is 0 Å². The summed E-state index contributed by atoms with van der Waals surface area (Å²) in [6.07, 6.45) is 5.92. The van der Waals surface area contributed by atoms with Crippen molar-refractivity contribution in [2.75, 3.05) is 7.11 Å². The Labute approximate surface area is 90.7 Å². The summed E-state index contributed by atoms with van der Waals surface area (Å²) < 4.78 is 5.19. The number of pyridine rings is 1.